The fraction of sp³-hybridized carbons (Fsp3) is 1.00. The van der Waals surface area contributed by atoms with Crippen molar-refractivity contribution in [1.29, 1.82) is 0 Å². The monoisotopic (exact) mass is 239 g/mol. The van der Waals surface area contributed by atoms with E-state index >= 15 is 0 Å². The number of alkyl halides is 3. The Morgan fingerprint density at radius 3 is 2.12 bits per heavy atom. The normalized spacial score (nSPS) is 22.7. The maximum atomic E-state index is 12.4. The highest BCUT2D eigenvalue weighted by molar-refractivity contribution is 4.78. The van der Waals surface area contributed by atoms with Gasteiger partial charge in [0.25, 0.3) is 0 Å². The average Bonchev–Trinajstić information content (AvgIpc) is 2.17. The first-order chi connectivity index (χ1) is 7.30. The topological polar surface area (TPSA) is 23.5 Å². The summed E-state index contributed by atoms with van der Waals surface area (Å²) >= 11 is 0. The molecule has 2 nitrogen and oxygen atoms in total. The molecule has 0 amide bonds. The molecule has 0 bridgehead atoms. The summed E-state index contributed by atoms with van der Waals surface area (Å²) < 4.78 is 37.2. The Bertz CT molecular complexity index is 210. The molecule has 1 aliphatic rings. The molecule has 1 aliphatic heterocycles. The molecule has 0 aromatic carbocycles. The van der Waals surface area contributed by atoms with E-state index in [9.17, 15) is 18.3 Å². The van der Waals surface area contributed by atoms with E-state index in [0.717, 1.165) is 0 Å². The summed E-state index contributed by atoms with van der Waals surface area (Å²) in [5.74, 6) is -1.000. The summed E-state index contributed by atoms with van der Waals surface area (Å²) in [6.07, 6.45) is -4.17. The third kappa shape index (κ3) is 3.94. The summed E-state index contributed by atoms with van der Waals surface area (Å²) in [6.45, 7) is 5.18. The lowest BCUT2D eigenvalue weighted by Crippen LogP contribution is -2.43. The van der Waals surface area contributed by atoms with Gasteiger partial charge in [-0.2, -0.15) is 13.2 Å². The smallest absolute Gasteiger partial charge is 0.391 e. The van der Waals surface area contributed by atoms with Crippen molar-refractivity contribution >= 4 is 0 Å². The predicted molar refractivity (Wildman–Crippen MR) is 56.1 cm³/mol. The van der Waals surface area contributed by atoms with E-state index in [2.05, 4.69) is 0 Å². The van der Waals surface area contributed by atoms with Gasteiger partial charge in [0.1, 0.15) is 0 Å². The summed E-state index contributed by atoms with van der Waals surface area (Å²) in [5.41, 5.74) is 0. The Kier molecular flexibility index (Phi) is 4.62. The van der Waals surface area contributed by atoms with Crippen molar-refractivity contribution in [2.45, 2.75) is 39.0 Å². The minimum Gasteiger partial charge on any atom is -0.392 e. The van der Waals surface area contributed by atoms with Gasteiger partial charge in [-0.05, 0) is 31.8 Å². The van der Waals surface area contributed by atoms with Gasteiger partial charge >= 0.3 is 6.18 Å². The fourth-order valence-electron chi connectivity index (χ4n) is 1.92. The molecule has 1 atom stereocenters. The molecule has 1 saturated heterocycles. The van der Waals surface area contributed by atoms with E-state index in [1.165, 1.54) is 0 Å². The molecule has 0 aliphatic carbocycles. The molecule has 0 saturated carbocycles. The molecular formula is C11H20F3NO. The summed E-state index contributed by atoms with van der Waals surface area (Å²) in [5, 5.41) is 9.64. The van der Waals surface area contributed by atoms with E-state index in [1.807, 2.05) is 18.7 Å². The zero-order chi connectivity index (χ0) is 12.3. The number of rotatable bonds is 3. The van der Waals surface area contributed by atoms with Crippen LogP contribution in [0.25, 0.3) is 0 Å². The summed E-state index contributed by atoms with van der Waals surface area (Å²) in [7, 11) is 0. The van der Waals surface area contributed by atoms with Crippen LogP contribution in [0.5, 0.6) is 0 Å². The summed E-state index contributed by atoms with van der Waals surface area (Å²) in [4.78, 5) is 1.92. The second-order valence-electron chi connectivity index (χ2n) is 4.93. The van der Waals surface area contributed by atoms with Crippen molar-refractivity contribution in [3.05, 3.63) is 0 Å². The van der Waals surface area contributed by atoms with Crippen LogP contribution in [0, 0.1) is 11.8 Å². The molecule has 1 heterocycles. The fourth-order valence-corrected chi connectivity index (χ4v) is 1.92. The number of aliphatic hydroxyl groups excluding tert-OH is 1. The van der Waals surface area contributed by atoms with Gasteiger partial charge in [0.15, 0.2) is 0 Å². The zero-order valence-corrected chi connectivity index (χ0v) is 9.80. The maximum absolute atomic E-state index is 12.4. The molecule has 0 radical (unpaired) electrons. The number of aliphatic hydroxyl groups is 1. The standard InChI is InChI=1S/C11H20F3NO/c1-8(2)10(16)7-15-5-3-9(4-6-15)11(12,13)14/h8-10,16H,3-7H2,1-2H3. The highest BCUT2D eigenvalue weighted by Gasteiger charge is 2.41. The summed E-state index contributed by atoms with van der Waals surface area (Å²) in [6, 6.07) is 0. The highest BCUT2D eigenvalue weighted by Crippen LogP contribution is 2.34. The van der Waals surface area contributed by atoms with Gasteiger partial charge in [-0.3, -0.25) is 0 Å². The predicted octanol–water partition coefficient (Wildman–Crippen LogP) is 2.28. The van der Waals surface area contributed by atoms with Gasteiger partial charge in [-0.15, -0.1) is 0 Å². The number of hydrogen-bond acceptors (Lipinski definition) is 2. The van der Waals surface area contributed by atoms with Gasteiger partial charge in [-0.25, -0.2) is 0 Å². The third-order valence-electron chi connectivity index (χ3n) is 3.27. The lowest BCUT2D eigenvalue weighted by Gasteiger charge is -2.34. The zero-order valence-electron chi connectivity index (χ0n) is 9.80. The van der Waals surface area contributed by atoms with E-state index in [1.54, 1.807) is 0 Å². The van der Waals surface area contributed by atoms with Crippen LogP contribution < -0.4 is 0 Å². The first-order valence-corrected chi connectivity index (χ1v) is 5.78. The van der Waals surface area contributed by atoms with Crippen LogP contribution in [0.3, 0.4) is 0 Å². The van der Waals surface area contributed by atoms with Crippen molar-refractivity contribution in [2.75, 3.05) is 19.6 Å². The Morgan fingerprint density at radius 1 is 1.25 bits per heavy atom. The molecule has 1 N–H and O–H groups in total. The van der Waals surface area contributed by atoms with Crippen LogP contribution in [0.1, 0.15) is 26.7 Å². The van der Waals surface area contributed by atoms with Gasteiger partial charge in [0.2, 0.25) is 0 Å². The lowest BCUT2D eigenvalue weighted by molar-refractivity contribution is -0.185. The SMILES string of the molecule is CC(C)C(O)CN1CCC(C(F)(F)F)CC1. The molecule has 1 unspecified atom stereocenters. The lowest BCUT2D eigenvalue weighted by atomic mass is 9.95. The Labute approximate surface area is 94.4 Å². The van der Waals surface area contributed by atoms with Crippen LogP contribution in [0.2, 0.25) is 0 Å². The molecule has 1 rings (SSSR count). The molecule has 0 aromatic heterocycles. The van der Waals surface area contributed by atoms with E-state index < -0.39 is 18.2 Å². The van der Waals surface area contributed by atoms with E-state index in [0.29, 0.717) is 19.6 Å². The van der Waals surface area contributed by atoms with Crippen molar-refractivity contribution in [1.82, 2.24) is 4.90 Å². The van der Waals surface area contributed by atoms with Gasteiger partial charge in [-0.1, -0.05) is 13.8 Å². The minimum absolute atomic E-state index is 0.153. The molecule has 0 spiro atoms. The van der Waals surface area contributed by atoms with Crippen LogP contribution in [-0.4, -0.2) is 41.9 Å². The van der Waals surface area contributed by atoms with Crippen molar-refractivity contribution in [3.8, 4) is 0 Å². The van der Waals surface area contributed by atoms with Gasteiger partial charge < -0.3 is 10.0 Å². The Hall–Kier alpha value is -0.290. The van der Waals surface area contributed by atoms with E-state index in [-0.39, 0.29) is 18.8 Å². The van der Waals surface area contributed by atoms with Crippen LogP contribution in [-0.2, 0) is 0 Å². The second-order valence-corrected chi connectivity index (χ2v) is 4.93. The first kappa shape index (κ1) is 13.8. The van der Waals surface area contributed by atoms with Crippen LogP contribution in [0.4, 0.5) is 13.2 Å². The second kappa shape index (κ2) is 5.36. The van der Waals surface area contributed by atoms with Crippen molar-refractivity contribution in [2.24, 2.45) is 11.8 Å². The average molecular weight is 239 g/mol. The number of hydrogen-bond donors (Lipinski definition) is 1. The van der Waals surface area contributed by atoms with Crippen LogP contribution >= 0.6 is 0 Å². The molecule has 16 heavy (non-hydrogen) atoms. The number of nitrogens with zero attached hydrogens (tertiary/aromatic N) is 1. The molecule has 0 aromatic rings. The van der Waals surface area contributed by atoms with Gasteiger partial charge in [0.05, 0.1) is 12.0 Å². The number of β-amino-alcohol motifs (C(OH)–C–C–N with tert-alkyl or cyclic N) is 1. The number of likely N-dealkylation sites (tertiary alicyclic amines) is 1. The molecular weight excluding hydrogens is 219 g/mol. The molecule has 5 heteroatoms. The largest absolute Gasteiger partial charge is 0.392 e. The minimum atomic E-state index is -4.05. The first-order valence-electron chi connectivity index (χ1n) is 5.78. The maximum Gasteiger partial charge on any atom is 0.391 e. The van der Waals surface area contributed by atoms with E-state index in [4.69, 9.17) is 0 Å². The van der Waals surface area contributed by atoms with Crippen molar-refractivity contribution in [3.63, 3.8) is 0 Å². The van der Waals surface area contributed by atoms with Crippen LogP contribution in [0.15, 0.2) is 0 Å². The van der Waals surface area contributed by atoms with Gasteiger partial charge in [0, 0.05) is 6.54 Å². The number of piperidine rings is 1. The van der Waals surface area contributed by atoms with Crippen molar-refractivity contribution < 1.29 is 18.3 Å². The highest BCUT2D eigenvalue weighted by atomic mass is 19.4. The molecule has 96 valence electrons. The Balaban J connectivity index is 2.32. The number of halogens is 3. The Morgan fingerprint density at radius 2 is 1.75 bits per heavy atom. The quantitative estimate of drug-likeness (QED) is 0.816. The molecule has 1 fully saturated rings. The third-order valence-corrected chi connectivity index (χ3v) is 3.27.